The van der Waals surface area contributed by atoms with Crippen LogP contribution in [0.25, 0.3) is 0 Å². The largest absolute Gasteiger partial charge is 0.393 e. The van der Waals surface area contributed by atoms with Gasteiger partial charge < -0.3 is 55.6 Å². The minimum atomic E-state index is -1.41. The number of hydrogen-bond acceptors (Lipinski definition) is 14. The van der Waals surface area contributed by atoms with Crippen molar-refractivity contribution in [1.82, 2.24) is 45.8 Å². The van der Waals surface area contributed by atoms with Gasteiger partial charge in [-0.25, -0.2) is 0 Å². The number of benzene rings is 2. The SMILES string of the molecule is CC(C)C[C@@H]1NC(=O)[C@H]([C@@H](C)O)CC(=O)[C@@H]2CCCN2C(=O)[C@H](Cc2ccccc2)NC(=O)[C@H](COC(C)(C)C)CC(=O)[C@H](CC(C)C)N(C)C(=O)[C@H](Cc2ccccc2)NC(=O)[C@@H](C)N(C)C(=O)C[C@H](C)CC(=O)CNC(=O)[C@H](C)N(C)C(=O)[C@H](C)N(C)C1=O. The van der Waals surface area contributed by atoms with E-state index in [2.05, 4.69) is 21.3 Å². The fourth-order valence-electron chi connectivity index (χ4n) is 11.3. The fourth-order valence-corrected chi connectivity index (χ4v) is 11.3. The van der Waals surface area contributed by atoms with E-state index in [-0.39, 0.29) is 69.9 Å². The molecule has 0 spiro atoms. The van der Waals surface area contributed by atoms with Crippen LogP contribution in [0.4, 0.5) is 0 Å². The van der Waals surface area contributed by atoms with Crippen LogP contribution in [0.3, 0.4) is 0 Å². The van der Waals surface area contributed by atoms with Crippen LogP contribution in [0.1, 0.15) is 146 Å². The topological polar surface area (TPSA) is 299 Å². The predicted molar refractivity (Wildman–Crippen MR) is 343 cm³/mol. The van der Waals surface area contributed by atoms with Crippen LogP contribution in [0.5, 0.6) is 0 Å². The first-order valence-corrected chi connectivity index (χ1v) is 32.0. The lowest BCUT2D eigenvalue weighted by atomic mass is 9.91. The fraction of sp³-hybridized carbons (Fsp3) is 0.647. The maximum atomic E-state index is 15.1. The van der Waals surface area contributed by atoms with Gasteiger partial charge in [0.15, 0.2) is 17.3 Å². The summed E-state index contributed by atoms with van der Waals surface area (Å²) in [6.07, 6.45) is -1.86. The number of carbonyl (C=O) groups excluding carboxylic acids is 12. The summed E-state index contributed by atoms with van der Waals surface area (Å²) in [5.74, 6) is -10.8. The highest BCUT2D eigenvalue weighted by atomic mass is 16.5. The zero-order chi connectivity index (χ0) is 68.4. The zero-order valence-corrected chi connectivity index (χ0v) is 56.5. The lowest BCUT2D eigenvalue weighted by molar-refractivity contribution is -0.148. The number of fused-ring (bicyclic) bond motifs is 1. The van der Waals surface area contributed by atoms with Gasteiger partial charge in [-0.2, -0.15) is 0 Å². The number of nitrogens with zero attached hydrogens (tertiary/aromatic N) is 5. The van der Waals surface area contributed by atoms with Gasteiger partial charge in [0.05, 0.1) is 48.8 Å². The Bertz CT molecular complexity index is 2860. The Labute approximate surface area is 538 Å². The lowest BCUT2D eigenvalue weighted by Gasteiger charge is -2.34. The van der Waals surface area contributed by atoms with E-state index >= 15 is 9.59 Å². The Balaban J connectivity index is 1.81. The van der Waals surface area contributed by atoms with Crippen molar-refractivity contribution in [3.63, 3.8) is 0 Å². The third-order valence-electron chi connectivity index (χ3n) is 17.3. The van der Waals surface area contributed by atoms with Crippen LogP contribution in [0.15, 0.2) is 60.7 Å². The molecule has 91 heavy (non-hydrogen) atoms. The maximum Gasteiger partial charge on any atom is 0.246 e. The summed E-state index contributed by atoms with van der Waals surface area (Å²) in [6.45, 7) is 19.6. The van der Waals surface area contributed by atoms with E-state index in [1.807, 2.05) is 27.7 Å². The molecule has 2 saturated heterocycles. The summed E-state index contributed by atoms with van der Waals surface area (Å²) in [5.41, 5.74) is 0.555. The molecule has 0 bridgehead atoms. The molecule has 9 amide bonds. The van der Waals surface area contributed by atoms with Crippen molar-refractivity contribution < 1.29 is 67.4 Å². The molecule has 2 fully saturated rings. The van der Waals surface area contributed by atoms with E-state index in [1.165, 1.54) is 70.6 Å². The minimum absolute atomic E-state index is 0.00133. The Hall–Kier alpha value is -7.40. The van der Waals surface area contributed by atoms with Gasteiger partial charge in [0, 0.05) is 73.3 Å². The van der Waals surface area contributed by atoms with E-state index in [0.29, 0.717) is 17.5 Å². The van der Waals surface area contributed by atoms with Crippen molar-refractivity contribution in [3.05, 3.63) is 71.8 Å². The van der Waals surface area contributed by atoms with Crippen LogP contribution in [0, 0.1) is 29.6 Å². The Morgan fingerprint density at radius 2 is 1.05 bits per heavy atom. The predicted octanol–water partition coefficient (Wildman–Crippen LogP) is 3.84. The van der Waals surface area contributed by atoms with E-state index in [4.69, 9.17) is 4.74 Å². The van der Waals surface area contributed by atoms with Crippen LogP contribution < -0.4 is 21.3 Å². The highest BCUT2D eigenvalue weighted by Gasteiger charge is 2.43. The van der Waals surface area contributed by atoms with Gasteiger partial charge in [-0.15, -0.1) is 0 Å². The second-order valence-corrected chi connectivity index (χ2v) is 27.0. The Morgan fingerprint density at radius 3 is 1.59 bits per heavy atom. The first-order chi connectivity index (χ1) is 42.5. The smallest absolute Gasteiger partial charge is 0.246 e. The molecule has 2 aliphatic rings. The number of aliphatic hydroxyl groups is 1. The van der Waals surface area contributed by atoms with Gasteiger partial charge in [0.25, 0.3) is 0 Å². The highest BCUT2D eigenvalue weighted by Crippen LogP contribution is 2.27. The Kier molecular flexibility index (Phi) is 29.1. The van der Waals surface area contributed by atoms with Crippen molar-refractivity contribution in [2.24, 2.45) is 29.6 Å². The quantitative estimate of drug-likeness (QED) is 0.214. The normalized spacial score (nSPS) is 27.2. The number of Topliss-reactive ketones (excluding diaryl/α,β-unsaturated/α-hetero) is 3. The van der Waals surface area contributed by atoms with E-state index in [9.17, 15) is 53.1 Å². The highest BCUT2D eigenvalue weighted by molar-refractivity contribution is 5.99. The van der Waals surface area contributed by atoms with Crippen LogP contribution in [0.2, 0.25) is 0 Å². The molecule has 0 aromatic heterocycles. The van der Waals surface area contributed by atoms with Gasteiger partial charge in [-0.1, -0.05) is 95.3 Å². The average Bonchev–Trinajstić information content (AvgIpc) is 1.87. The molecule has 2 aliphatic heterocycles. The molecule has 0 aliphatic carbocycles. The molecule has 4 rings (SSSR count). The van der Waals surface area contributed by atoms with E-state index < -0.39 is 168 Å². The summed E-state index contributed by atoms with van der Waals surface area (Å²) in [6, 6.07) is 8.45. The molecule has 23 heteroatoms. The molecule has 0 radical (unpaired) electrons. The maximum absolute atomic E-state index is 15.1. The first kappa shape index (κ1) is 76.1. The van der Waals surface area contributed by atoms with Crippen molar-refractivity contribution in [2.45, 2.75) is 207 Å². The van der Waals surface area contributed by atoms with E-state index in [0.717, 1.165) is 9.80 Å². The van der Waals surface area contributed by atoms with Gasteiger partial charge in [0.2, 0.25) is 53.2 Å². The van der Waals surface area contributed by atoms with E-state index in [1.54, 1.807) is 88.4 Å². The van der Waals surface area contributed by atoms with Crippen molar-refractivity contribution in [2.75, 3.05) is 47.9 Å². The van der Waals surface area contributed by atoms with Gasteiger partial charge in [-0.3, -0.25) is 57.5 Å². The monoisotopic (exact) mass is 1270 g/mol. The van der Waals surface area contributed by atoms with Gasteiger partial charge in [0.1, 0.15) is 36.3 Å². The summed E-state index contributed by atoms with van der Waals surface area (Å²) in [7, 11) is 5.64. The number of aliphatic hydroxyl groups excluding tert-OH is 1. The second kappa shape index (κ2) is 34.9. The van der Waals surface area contributed by atoms with Gasteiger partial charge in [-0.05, 0) is 103 Å². The Morgan fingerprint density at radius 1 is 0.549 bits per heavy atom. The molecule has 12 atom stereocenters. The summed E-state index contributed by atoms with van der Waals surface area (Å²) >= 11 is 0. The second-order valence-electron chi connectivity index (χ2n) is 27.0. The van der Waals surface area contributed by atoms with Crippen molar-refractivity contribution in [1.29, 1.82) is 0 Å². The standard InChI is InChI=1S/C68H103N9O14/c1-40(2)30-52-65(88)75(15)45(8)64(87)74(14)43(6)60(83)69-38-50(79)32-42(5)33-59(82)73(13)44(7)61(84)70-53(34-47-24-19-17-20-25-47)66(89)76(16)56(31-41(3)4)57(80)36-49(39-91-68(10,11)12)62(85)71-54(35-48-26-21-18-22-27-48)67(90)77-29-23-28-55(77)58(81)37-51(46(9)78)63(86)72-52/h17-22,24-27,40-46,49,51-56,78H,23,28-39H2,1-16H3,(H,69,83)(H,70,84)(H,71,85)(H,72,86)/t42-,43+,44-,45+,46-,49+,51+,52+,53+,54+,55+,56+/m1/s1. The number of rotatable bonds is 11. The van der Waals surface area contributed by atoms with Crippen LogP contribution in [-0.2, 0) is 75.1 Å². The first-order valence-electron chi connectivity index (χ1n) is 32.0. The third-order valence-corrected chi connectivity index (χ3v) is 17.3. The molecule has 23 nitrogen and oxygen atoms in total. The van der Waals surface area contributed by atoms with Gasteiger partial charge >= 0.3 is 0 Å². The summed E-state index contributed by atoms with van der Waals surface area (Å²) in [4.78, 5) is 178. The van der Waals surface area contributed by atoms with Crippen molar-refractivity contribution in [3.8, 4) is 0 Å². The molecule has 0 saturated carbocycles. The van der Waals surface area contributed by atoms with Crippen molar-refractivity contribution >= 4 is 70.5 Å². The number of likely N-dealkylation sites (N-methyl/N-ethyl adjacent to an activating group) is 4. The number of hydrogen-bond donors (Lipinski definition) is 5. The lowest BCUT2D eigenvalue weighted by Crippen LogP contribution is -2.57. The molecule has 2 aromatic carbocycles. The number of ether oxygens (including phenoxy) is 1. The van der Waals surface area contributed by atoms with Crippen LogP contribution in [-0.4, -0.2) is 208 Å². The molecule has 0 unspecified atom stereocenters. The zero-order valence-electron chi connectivity index (χ0n) is 56.5. The third kappa shape index (κ3) is 22.7. The molecule has 504 valence electrons. The number of nitrogens with one attached hydrogen (secondary N) is 4. The number of carbonyl (C=O) groups is 12. The minimum Gasteiger partial charge on any atom is -0.393 e. The molecule has 5 N–H and O–H groups in total. The molecular weight excluding hydrogens is 1170 g/mol. The summed E-state index contributed by atoms with van der Waals surface area (Å²) < 4.78 is 6.20. The summed E-state index contributed by atoms with van der Waals surface area (Å²) in [5, 5.41) is 22.2. The molecule has 2 heterocycles. The average molecular weight is 1270 g/mol. The molecular formula is C68H103N9O14. The number of amides is 9. The molecule has 2 aromatic rings. The van der Waals surface area contributed by atoms with Crippen LogP contribution >= 0.6 is 0 Å². The number of ketones is 3.